The summed E-state index contributed by atoms with van der Waals surface area (Å²) in [5, 5.41) is 0. The van der Waals surface area contributed by atoms with Crippen molar-refractivity contribution in [1.82, 2.24) is 0 Å². The maximum Gasteiger partial charge on any atom is 0.0462 e. The summed E-state index contributed by atoms with van der Waals surface area (Å²) in [4.78, 5) is 3.17. The van der Waals surface area contributed by atoms with Crippen molar-refractivity contribution in [3.63, 3.8) is 0 Å². The number of benzene rings is 3. The van der Waals surface area contributed by atoms with Crippen LogP contribution in [0.15, 0.2) is 86.6 Å². The van der Waals surface area contributed by atoms with Crippen LogP contribution in [0.4, 0.5) is 17.1 Å². The molecular formula is C18H13Br2NS. The molecule has 0 N–H and O–H groups in total. The first-order chi connectivity index (χ1) is 10.6. The second-order valence-corrected chi connectivity index (χ2v) is 7.15. The zero-order chi connectivity index (χ0) is 15.5. The molecule has 0 saturated heterocycles. The largest absolute Gasteiger partial charge is 0.311 e. The molecule has 0 amide bonds. The summed E-state index contributed by atoms with van der Waals surface area (Å²) in [5.41, 5.74) is 3.32. The van der Waals surface area contributed by atoms with Crippen LogP contribution in [0.3, 0.4) is 0 Å². The van der Waals surface area contributed by atoms with Gasteiger partial charge in [-0.1, -0.05) is 31.9 Å². The van der Waals surface area contributed by atoms with Crippen LogP contribution in [0.1, 0.15) is 0 Å². The highest BCUT2D eigenvalue weighted by atomic mass is 79.9. The minimum absolute atomic E-state index is 0.954. The van der Waals surface area contributed by atoms with E-state index in [0.717, 1.165) is 30.9 Å². The Kier molecular flexibility index (Phi) is 4.91. The molecule has 4 heteroatoms. The van der Waals surface area contributed by atoms with Gasteiger partial charge in [-0.05, 0) is 72.8 Å². The molecule has 0 unspecified atom stereocenters. The lowest BCUT2D eigenvalue weighted by molar-refractivity contribution is 1.27. The van der Waals surface area contributed by atoms with Crippen LogP contribution in [-0.4, -0.2) is 0 Å². The van der Waals surface area contributed by atoms with Crippen molar-refractivity contribution < 1.29 is 0 Å². The molecule has 0 bridgehead atoms. The Balaban J connectivity index is 2.10. The maximum atomic E-state index is 4.37. The third kappa shape index (κ3) is 3.57. The second kappa shape index (κ2) is 6.90. The molecule has 0 fully saturated rings. The summed E-state index contributed by atoms with van der Waals surface area (Å²) in [6.45, 7) is 0. The lowest BCUT2D eigenvalue weighted by atomic mass is 10.2. The molecule has 0 radical (unpaired) electrons. The molecule has 1 nitrogen and oxygen atoms in total. The van der Waals surface area contributed by atoms with Crippen LogP contribution in [0, 0.1) is 0 Å². The van der Waals surface area contributed by atoms with Gasteiger partial charge in [-0.3, -0.25) is 0 Å². The van der Waals surface area contributed by atoms with Crippen LogP contribution < -0.4 is 4.90 Å². The van der Waals surface area contributed by atoms with Crippen LogP contribution in [0.5, 0.6) is 0 Å². The van der Waals surface area contributed by atoms with Gasteiger partial charge in [0.2, 0.25) is 0 Å². The Morgan fingerprint density at radius 1 is 0.545 bits per heavy atom. The van der Waals surface area contributed by atoms with Crippen LogP contribution in [0.25, 0.3) is 0 Å². The highest BCUT2D eigenvalue weighted by Crippen LogP contribution is 2.35. The van der Waals surface area contributed by atoms with E-state index in [0.29, 0.717) is 0 Å². The fourth-order valence-electron chi connectivity index (χ4n) is 2.23. The number of nitrogens with zero attached hydrogens (tertiary/aromatic N) is 1. The van der Waals surface area contributed by atoms with E-state index in [2.05, 4.69) is 85.8 Å². The van der Waals surface area contributed by atoms with Crippen molar-refractivity contribution in [3.05, 3.63) is 81.7 Å². The van der Waals surface area contributed by atoms with E-state index in [9.17, 15) is 0 Å². The number of thiol groups is 1. The monoisotopic (exact) mass is 433 g/mol. The minimum Gasteiger partial charge on any atom is -0.311 e. The third-order valence-corrected chi connectivity index (χ3v) is 4.63. The van der Waals surface area contributed by atoms with E-state index < -0.39 is 0 Å². The third-order valence-electron chi connectivity index (χ3n) is 3.28. The van der Waals surface area contributed by atoms with Crippen LogP contribution >= 0.6 is 44.5 Å². The molecule has 3 rings (SSSR count). The fraction of sp³-hybridized carbons (Fsp3) is 0. The summed E-state index contributed by atoms with van der Waals surface area (Å²) in [6, 6.07) is 24.7. The zero-order valence-electron chi connectivity index (χ0n) is 11.6. The van der Waals surface area contributed by atoms with Gasteiger partial charge in [0.1, 0.15) is 0 Å². The fourth-order valence-corrected chi connectivity index (χ4v) is 2.91. The topological polar surface area (TPSA) is 3.24 Å². The van der Waals surface area contributed by atoms with Crippen molar-refractivity contribution in [3.8, 4) is 0 Å². The van der Waals surface area contributed by atoms with Crippen molar-refractivity contribution in [1.29, 1.82) is 0 Å². The van der Waals surface area contributed by atoms with Gasteiger partial charge in [0.25, 0.3) is 0 Å². The average Bonchev–Trinajstić information content (AvgIpc) is 2.53. The van der Waals surface area contributed by atoms with Gasteiger partial charge in [0.15, 0.2) is 0 Å². The predicted molar refractivity (Wildman–Crippen MR) is 104 cm³/mol. The maximum absolute atomic E-state index is 4.37. The smallest absolute Gasteiger partial charge is 0.0462 e. The van der Waals surface area contributed by atoms with Crippen molar-refractivity contribution in [2.24, 2.45) is 0 Å². The summed E-state index contributed by atoms with van der Waals surface area (Å²) >= 11 is 11.4. The summed E-state index contributed by atoms with van der Waals surface area (Å²) in [7, 11) is 0. The summed E-state index contributed by atoms with van der Waals surface area (Å²) < 4.78 is 2.13. The van der Waals surface area contributed by atoms with Crippen molar-refractivity contribution in [2.45, 2.75) is 4.90 Å². The Morgan fingerprint density at radius 2 is 0.864 bits per heavy atom. The lowest BCUT2D eigenvalue weighted by Crippen LogP contribution is -2.09. The number of rotatable bonds is 3. The van der Waals surface area contributed by atoms with Gasteiger partial charge in [0, 0.05) is 30.9 Å². The summed E-state index contributed by atoms with van der Waals surface area (Å²) in [5.74, 6) is 0. The number of anilines is 3. The van der Waals surface area contributed by atoms with E-state index >= 15 is 0 Å². The van der Waals surface area contributed by atoms with Gasteiger partial charge in [-0.15, -0.1) is 12.6 Å². The van der Waals surface area contributed by atoms with E-state index in [4.69, 9.17) is 0 Å². The molecule has 0 aromatic heterocycles. The molecular weight excluding hydrogens is 422 g/mol. The number of hydrogen-bond donors (Lipinski definition) is 1. The van der Waals surface area contributed by atoms with Crippen LogP contribution in [0.2, 0.25) is 0 Å². The normalized spacial score (nSPS) is 10.5. The van der Waals surface area contributed by atoms with Crippen molar-refractivity contribution >= 4 is 61.6 Å². The molecule has 22 heavy (non-hydrogen) atoms. The second-order valence-electron chi connectivity index (χ2n) is 4.80. The first kappa shape index (κ1) is 15.7. The van der Waals surface area contributed by atoms with E-state index in [-0.39, 0.29) is 0 Å². The average molecular weight is 435 g/mol. The number of hydrogen-bond acceptors (Lipinski definition) is 2. The van der Waals surface area contributed by atoms with Gasteiger partial charge >= 0.3 is 0 Å². The Bertz CT molecular complexity index is 644. The van der Waals surface area contributed by atoms with E-state index in [1.165, 1.54) is 0 Å². The molecule has 3 aromatic carbocycles. The molecule has 0 aliphatic rings. The molecule has 3 aromatic rings. The Labute approximate surface area is 152 Å². The SMILES string of the molecule is Sc1ccc(N(c2ccc(Br)cc2)c2ccc(Br)cc2)cc1. The predicted octanol–water partition coefficient (Wildman–Crippen LogP) is 6.97. The molecule has 0 spiro atoms. The standard InChI is InChI=1S/C18H13Br2NS/c19-13-1-5-15(6-2-13)21(16-7-3-14(20)4-8-16)17-9-11-18(22)12-10-17/h1-12,22H. The van der Waals surface area contributed by atoms with Crippen LogP contribution in [-0.2, 0) is 0 Å². The highest BCUT2D eigenvalue weighted by Gasteiger charge is 2.12. The molecule has 0 saturated carbocycles. The minimum atomic E-state index is 0.954. The Hall–Kier alpha value is -1.23. The molecule has 110 valence electrons. The van der Waals surface area contributed by atoms with E-state index in [1.54, 1.807) is 0 Å². The van der Waals surface area contributed by atoms with Crippen molar-refractivity contribution in [2.75, 3.05) is 4.90 Å². The quantitative estimate of drug-likeness (QED) is 0.435. The molecule has 0 aliphatic heterocycles. The Morgan fingerprint density at radius 3 is 1.23 bits per heavy atom. The van der Waals surface area contributed by atoms with Gasteiger partial charge in [-0.25, -0.2) is 0 Å². The molecule has 0 heterocycles. The molecule has 0 atom stereocenters. The van der Waals surface area contributed by atoms with Gasteiger partial charge in [-0.2, -0.15) is 0 Å². The summed E-state index contributed by atoms with van der Waals surface area (Å²) in [6.07, 6.45) is 0. The van der Waals surface area contributed by atoms with Gasteiger partial charge < -0.3 is 4.90 Å². The highest BCUT2D eigenvalue weighted by molar-refractivity contribution is 9.10. The van der Waals surface area contributed by atoms with Gasteiger partial charge in [0.05, 0.1) is 0 Å². The first-order valence-corrected chi connectivity index (χ1v) is 8.77. The van der Waals surface area contributed by atoms with E-state index in [1.807, 2.05) is 36.4 Å². The molecule has 0 aliphatic carbocycles. The zero-order valence-corrected chi connectivity index (χ0v) is 15.6. The lowest BCUT2D eigenvalue weighted by Gasteiger charge is -2.25. The number of halogens is 2. The first-order valence-electron chi connectivity index (χ1n) is 6.74.